The van der Waals surface area contributed by atoms with Crippen molar-refractivity contribution in [2.45, 2.75) is 136 Å². The molecule has 0 saturated carbocycles. The van der Waals surface area contributed by atoms with Crippen LogP contribution in [0.15, 0.2) is 48.5 Å². The predicted molar refractivity (Wildman–Crippen MR) is 212 cm³/mol. The fraction of sp³-hybridized carbons (Fsp3) is 0.674. The zero-order valence-corrected chi connectivity index (χ0v) is 33.6. The standard InChI is InChI=1S/C43H66O4S2/c1-9-46-40(44)33(7)15-11-12-16-37(41-48-27-14-28-49-41)17-13-18-39(36-23-19-34(20-24-36)29-31(3)4)43(8,42(45)47-10-2)38-25-21-35(22-26-38)30-32(5)6/h19-26,31-33,37,39,41H,9-18,27-30H2,1-8H3. The fourth-order valence-corrected chi connectivity index (χ4v) is 10.7. The van der Waals surface area contributed by atoms with E-state index >= 15 is 0 Å². The molecule has 1 aliphatic heterocycles. The minimum absolute atomic E-state index is 0.00617. The number of carbonyl (C=O) groups excluding carboxylic acids is 2. The molecule has 1 fully saturated rings. The second-order valence-electron chi connectivity index (χ2n) is 15.2. The van der Waals surface area contributed by atoms with Crippen molar-refractivity contribution in [2.75, 3.05) is 24.7 Å². The van der Waals surface area contributed by atoms with Crippen LogP contribution in [0.25, 0.3) is 0 Å². The van der Waals surface area contributed by atoms with E-state index in [4.69, 9.17) is 9.47 Å². The highest BCUT2D eigenvalue weighted by molar-refractivity contribution is 8.17. The van der Waals surface area contributed by atoms with Gasteiger partial charge in [-0.25, -0.2) is 0 Å². The zero-order chi connectivity index (χ0) is 35.8. The SMILES string of the molecule is CCOC(=O)C(C)CCCCC(CCCC(c1ccc(CC(C)C)cc1)C(C)(C(=O)OCC)c1ccc(CC(C)C)cc1)C1SCCCS1. The quantitative estimate of drug-likeness (QED) is 0.0949. The van der Waals surface area contributed by atoms with Gasteiger partial charge in [-0.05, 0) is 117 Å². The number of esters is 2. The Balaban J connectivity index is 1.88. The number of benzene rings is 2. The van der Waals surface area contributed by atoms with Gasteiger partial charge in [0.1, 0.15) is 0 Å². The van der Waals surface area contributed by atoms with Crippen molar-refractivity contribution in [3.8, 4) is 0 Å². The van der Waals surface area contributed by atoms with Gasteiger partial charge in [0, 0.05) is 5.92 Å². The number of rotatable bonds is 21. The van der Waals surface area contributed by atoms with E-state index in [9.17, 15) is 9.59 Å². The molecule has 0 amide bonds. The highest BCUT2D eigenvalue weighted by atomic mass is 32.2. The van der Waals surface area contributed by atoms with Gasteiger partial charge in [0.2, 0.25) is 0 Å². The highest BCUT2D eigenvalue weighted by Gasteiger charge is 2.45. The Morgan fingerprint density at radius 1 is 0.735 bits per heavy atom. The lowest BCUT2D eigenvalue weighted by atomic mass is 9.66. The molecule has 4 unspecified atom stereocenters. The molecule has 0 spiro atoms. The molecular weight excluding hydrogens is 645 g/mol. The Morgan fingerprint density at radius 2 is 1.27 bits per heavy atom. The van der Waals surface area contributed by atoms with E-state index < -0.39 is 5.41 Å². The average molecular weight is 711 g/mol. The molecule has 0 radical (unpaired) electrons. The predicted octanol–water partition coefficient (Wildman–Crippen LogP) is 11.4. The Bertz CT molecular complexity index is 1240. The minimum Gasteiger partial charge on any atom is -0.466 e. The largest absolute Gasteiger partial charge is 0.466 e. The van der Waals surface area contributed by atoms with Gasteiger partial charge in [-0.15, -0.1) is 23.5 Å². The van der Waals surface area contributed by atoms with Gasteiger partial charge in [0.25, 0.3) is 0 Å². The Labute approximate surface area is 308 Å². The second-order valence-corrected chi connectivity index (χ2v) is 18.0. The summed E-state index contributed by atoms with van der Waals surface area (Å²) in [6.07, 6.45) is 10.7. The van der Waals surface area contributed by atoms with Gasteiger partial charge in [-0.3, -0.25) is 9.59 Å². The van der Waals surface area contributed by atoms with Gasteiger partial charge >= 0.3 is 11.9 Å². The van der Waals surface area contributed by atoms with Gasteiger partial charge in [-0.1, -0.05) is 102 Å². The van der Waals surface area contributed by atoms with Crippen molar-refractivity contribution in [1.82, 2.24) is 0 Å². The molecule has 1 heterocycles. The van der Waals surface area contributed by atoms with Gasteiger partial charge in [0.15, 0.2) is 0 Å². The first-order chi connectivity index (χ1) is 23.5. The molecular formula is C43H66O4S2. The van der Waals surface area contributed by atoms with E-state index in [1.165, 1.54) is 41.0 Å². The maximum absolute atomic E-state index is 14.2. The molecule has 2 aromatic carbocycles. The van der Waals surface area contributed by atoms with Crippen LogP contribution in [0.1, 0.15) is 135 Å². The van der Waals surface area contributed by atoms with E-state index in [2.05, 4.69) is 107 Å². The third-order valence-electron chi connectivity index (χ3n) is 10.1. The first kappa shape index (κ1) is 41.5. The number of hydrogen-bond donors (Lipinski definition) is 0. The van der Waals surface area contributed by atoms with E-state index in [1.807, 2.05) is 20.8 Å². The first-order valence-electron chi connectivity index (χ1n) is 19.2. The van der Waals surface area contributed by atoms with Gasteiger partial charge < -0.3 is 9.47 Å². The topological polar surface area (TPSA) is 52.6 Å². The molecule has 2 aromatic rings. The molecule has 0 N–H and O–H groups in total. The van der Waals surface area contributed by atoms with E-state index in [-0.39, 0.29) is 23.8 Å². The Hall–Kier alpha value is -1.92. The van der Waals surface area contributed by atoms with Crippen molar-refractivity contribution < 1.29 is 19.1 Å². The molecule has 6 heteroatoms. The average Bonchev–Trinajstić information content (AvgIpc) is 3.08. The van der Waals surface area contributed by atoms with Gasteiger partial charge in [-0.2, -0.15) is 0 Å². The third kappa shape index (κ3) is 13.0. The van der Waals surface area contributed by atoms with Crippen molar-refractivity contribution in [3.63, 3.8) is 0 Å². The van der Waals surface area contributed by atoms with Gasteiger partial charge in [0.05, 0.1) is 29.1 Å². The van der Waals surface area contributed by atoms with Crippen LogP contribution in [-0.4, -0.2) is 41.2 Å². The Kier molecular flexibility index (Phi) is 18.2. The summed E-state index contributed by atoms with van der Waals surface area (Å²) in [4.78, 5) is 26.3. The van der Waals surface area contributed by atoms with Crippen molar-refractivity contribution in [3.05, 3.63) is 70.8 Å². The van der Waals surface area contributed by atoms with Crippen LogP contribution in [0, 0.1) is 23.7 Å². The summed E-state index contributed by atoms with van der Waals surface area (Å²) in [5.41, 5.74) is 4.11. The summed E-state index contributed by atoms with van der Waals surface area (Å²) in [5, 5.41) is 0. The summed E-state index contributed by atoms with van der Waals surface area (Å²) in [5.74, 6) is 4.03. The van der Waals surface area contributed by atoms with E-state index in [1.54, 1.807) is 0 Å². The molecule has 4 nitrogen and oxygen atoms in total. The van der Waals surface area contributed by atoms with Crippen LogP contribution in [0.2, 0.25) is 0 Å². The molecule has 1 saturated heterocycles. The maximum atomic E-state index is 14.2. The lowest BCUT2D eigenvalue weighted by Crippen LogP contribution is -2.40. The number of unbranched alkanes of at least 4 members (excludes halogenated alkanes) is 1. The summed E-state index contributed by atoms with van der Waals surface area (Å²) in [6.45, 7) is 17.7. The molecule has 1 aliphatic rings. The molecule has 0 aliphatic carbocycles. The van der Waals surface area contributed by atoms with E-state index in [0.717, 1.165) is 56.9 Å². The molecule has 0 bridgehead atoms. The summed E-state index contributed by atoms with van der Waals surface area (Å²) in [6, 6.07) is 17.9. The molecule has 3 rings (SSSR count). The van der Waals surface area contributed by atoms with Crippen LogP contribution in [0.5, 0.6) is 0 Å². The monoisotopic (exact) mass is 710 g/mol. The molecule has 0 aromatic heterocycles. The maximum Gasteiger partial charge on any atom is 0.316 e. The summed E-state index contributed by atoms with van der Waals surface area (Å²) < 4.78 is 11.8. The lowest BCUT2D eigenvalue weighted by Gasteiger charge is -2.37. The number of hydrogen-bond acceptors (Lipinski definition) is 6. The van der Waals surface area contributed by atoms with Crippen LogP contribution < -0.4 is 0 Å². The number of carbonyl (C=O) groups is 2. The minimum atomic E-state index is -0.807. The highest BCUT2D eigenvalue weighted by Crippen LogP contribution is 2.46. The van der Waals surface area contributed by atoms with Crippen LogP contribution >= 0.6 is 23.5 Å². The zero-order valence-electron chi connectivity index (χ0n) is 31.9. The van der Waals surface area contributed by atoms with Crippen molar-refractivity contribution in [2.24, 2.45) is 23.7 Å². The number of thioether (sulfide) groups is 2. The molecule has 4 atom stereocenters. The first-order valence-corrected chi connectivity index (χ1v) is 21.3. The normalized spacial score (nSPS) is 17.0. The van der Waals surface area contributed by atoms with Crippen LogP contribution in [0.3, 0.4) is 0 Å². The van der Waals surface area contributed by atoms with Crippen molar-refractivity contribution in [1.29, 1.82) is 0 Å². The summed E-state index contributed by atoms with van der Waals surface area (Å²) >= 11 is 4.29. The molecule has 49 heavy (non-hydrogen) atoms. The van der Waals surface area contributed by atoms with Crippen molar-refractivity contribution >= 4 is 35.5 Å². The summed E-state index contributed by atoms with van der Waals surface area (Å²) in [7, 11) is 0. The van der Waals surface area contributed by atoms with Crippen LogP contribution in [0.4, 0.5) is 0 Å². The van der Waals surface area contributed by atoms with E-state index in [0.29, 0.717) is 35.5 Å². The second kappa shape index (κ2) is 21.4. The lowest BCUT2D eigenvalue weighted by molar-refractivity contribution is -0.151. The third-order valence-corrected chi connectivity index (χ3v) is 13.4. The van der Waals surface area contributed by atoms with Crippen LogP contribution in [-0.2, 0) is 37.3 Å². The smallest absolute Gasteiger partial charge is 0.316 e. The number of ether oxygens (including phenoxy) is 2. The fourth-order valence-electron chi connectivity index (χ4n) is 7.39. The Morgan fingerprint density at radius 3 is 1.82 bits per heavy atom. The molecule has 274 valence electrons.